The second-order valence-electron chi connectivity index (χ2n) is 24.0. The Morgan fingerprint density at radius 1 is 0.778 bits per heavy atom. The van der Waals surface area contributed by atoms with Crippen molar-refractivity contribution >= 4 is 36.0 Å². The Morgan fingerprint density at radius 2 is 1.31 bits per heavy atom. The minimum atomic E-state index is -2.54. The van der Waals surface area contributed by atoms with Crippen LogP contribution in [0.25, 0.3) is 0 Å². The van der Waals surface area contributed by atoms with Gasteiger partial charge in [0.25, 0.3) is 0 Å². The zero-order valence-corrected chi connectivity index (χ0v) is 53.4. The fraction of sp³-hybridized carbons (Fsp3) is 0.723. The SMILES string of the molecule is CC(=N)N(C(=N)C1CC2(CCCN(CCCC/C(C=NCCOCCOCCOCCOCCOCCOCCOCCOCCC(=O)Oc3c(F)cc(F)cc3F)=N/N)C2)C1)C(C)CC1CC(C)N1CCC(c1ccccc1)C1CCC(F)(F)CC1.NC=O. The summed E-state index contributed by atoms with van der Waals surface area (Å²) >= 11 is 0. The first-order valence-electron chi connectivity index (χ1n) is 32.2. The van der Waals surface area contributed by atoms with Gasteiger partial charge in [-0.05, 0) is 140 Å². The summed E-state index contributed by atoms with van der Waals surface area (Å²) in [5, 5.41) is 22.2. The number of nitrogens with two attached hydrogens (primary N) is 2. The third-order valence-electron chi connectivity index (χ3n) is 17.2. The van der Waals surface area contributed by atoms with Crippen molar-refractivity contribution in [1.82, 2.24) is 14.7 Å². The smallest absolute Gasteiger partial charge is 0.313 e. The van der Waals surface area contributed by atoms with Crippen LogP contribution in [0.15, 0.2) is 52.6 Å². The highest BCUT2D eigenvalue weighted by atomic mass is 19.3. The number of amidine groups is 2. The molecule has 90 heavy (non-hydrogen) atoms. The number of primary amides is 1. The summed E-state index contributed by atoms with van der Waals surface area (Å²) in [7, 11) is 0. The summed E-state index contributed by atoms with van der Waals surface area (Å²) in [5.74, 6) is -0.639. The molecule has 4 aliphatic rings. The fourth-order valence-corrected chi connectivity index (χ4v) is 12.8. The summed E-state index contributed by atoms with van der Waals surface area (Å²) < 4.78 is 117. The molecule has 2 aliphatic carbocycles. The number of amides is 1. The van der Waals surface area contributed by atoms with E-state index in [0.717, 1.165) is 83.3 Å². The molecule has 2 aliphatic heterocycles. The summed E-state index contributed by atoms with van der Waals surface area (Å²) in [6, 6.07) is 12.2. The lowest BCUT2D eigenvalue weighted by Gasteiger charge is -2.55. The number of ether oxygens (including phenoxy) is 9. The third-order valence-corrected chi connectivity index (χ3v) is 17.2. The first kappa shape index (κ1) is 75.6. The van der Waals surface area contributed by atoms with Crippen LogP contribution in [0.3, 0.4) is 0 Å². The molecular weight excluding hydrogens is 1180 g/mol. The number of rotatable bonds is 43. The van der Waals surface area contributed by atoms with E-state index in [1.165, 1.54) is 18.4 Å². The third kappa shape index (κ3) is 27.6. The molecule has 2 aromatic rings. The molecule has 6 N–H and O–H groups in total. The number of hydrogen-bond donors (Lipinski definition) is 4. The molecular formula is C65H102F5N9O11. The second-order valence-corrected chi connectivity index (χ2v) is 24.0. The van der Waals surface area contributed by atoms with Crippen LogP contribution in [-0.4, -0.2) is 213 Å². The predicted octanol–water partition coefficient (Wildman–Crippen LogP) is 9.20. The quantitative estimate of drug-likeness (QED) is 0.00556. The van der Waals surface area contributed by atoms with Crippen LogP contribution in [0.4, 0.5) is 22.0 Å². The monoisotopic (exact) mass is 1280 g/mol. The highest BCUT2D eigenvalue weighted by Crippen LogP contribution is 2.52. The fourth-order valence-electron chi connectivity index (χ4n) is 12.8. The molecule has 0 radical (unpaired) electrons. The molecule has 4 atom stereocenters. The van der Waals surface area contributed by atoms with Crippen LogP contribution < -0.4 is 16.3 Å². The Balaban J connectivity index is 0.00000481. The van der Waals surface area contributed by atoms with Crippen LogP contribution in [0.5, 0.6) is 5.75 Å². The summed E-state index contributed by atoms with van der Waals surface area (Å²) in [4.78, 5) is 32.0. The highest BCUT2D eigenvalue weighted by Gasteiger charge is 2.50. The van der Waals surface area contributed by atoms with E-state index in [1.54, 1.807) is 6.21 Å². The number of hydrogen-bond acceptors (Lipinski definition) is 18. The molecule has 508 valence electrons. The van der Waals surface area contributed by atoms with Crippen LogP contribution in [0.1, 0.15) is 129 Å². The van der Waals surface area contributed by atoms with Gasteiger partial charge >= 0.3 is 5.97 Å². The molecule has 20 nitrogen and oxygen atoms in total. The Labute approximate surface area is 529 Å². The molecule has 4 unspecified atom stereocenters. The van der Waals surface area contributed by atoms with E-state index in [9.17, 15) is 32.2 Å². The molecule has 6 rings (SSSR count). The number of alkyl halides is 2. The lowest BCUT2D eigenvalue weighted by Crippen LogP contribution is -2.59. The van der Waals surface area contributed by atoms with Gasteiger partial charge in [0.05, 0.1) is 130 Å². The van der Waals surface area contributed by atoms with Gasteiger partial charge in [0.2, 0.25) is 18.1 Å². The molecule has 2 aromatic carbocycles. The largest absolute Gasteiger partial charge is 0.420 e. The maximum atomic E-state index is 14.2. The lowest BCUT2D eigenvalue weighted by atomic mass is 9.58. The standard InChI is InChI=1S/C64H99F5N8O10.CH3NO/c1-48-40-56(76(48)23-15-57(51-10-5-4-6-11-51)52-13-18-64(68,69)19-14-52)41-49(2)77(50(3)70)62(71)53-44-63(45-53)17-9-22-75(47-63)21-8-7-12-55(74-72)46-73-20-25-80-27-29-82-31-33-84-35-37-86-39-38-85-36-34-83-32-30-81-28-26-79-24-16-60(78)87-61-58(66)42-54(65)43-59(61)67;2-1-3/h4-6,10-11,42-43,46,48-49,52-53,56-57,70-71H,7-9,12-41,44-45,47,72H2,1-3H3;1H,(H2,2,3)/b70-50?,71-62?,73-46?,74-55-;. The topological polar surface area (TPSA) is 251 Å². The van der Waals surface area contributed by atoms with Crippen molar-refractivity contribution in [3.63, 3.8) is 0 Å². The number of aliphatic imine (C=N–C) groups is 1. The van der Waals surface area contributed by atoms with Crippen molar-refractivity contribution in [3.8, 4) is 5.75 Å². The number of piperidine rings is 1. The molecule has 1 amide bonds. The van der Waals surface area contributed by atoms with Gasteiger partial charge in [-0.3, -0.25) is 30.3 Å². The maximum absolute atomic E-state index is 14.2. The van der Waals surface area contributed by atoms with E-state index in [0.29, 0.717) is 141 Å². The number of hydrazone groups is 1. The van der Waals surface area contributed by atoms with Gasteiger partial charge in [0, 0.05) is 61.8 Å². The van der Waals surface area contributed by atoms with Crippen molar-refractivity contribution in [2.45, 2.75) is 147 Å². The molecule has 2 saturated heterocycles. The zero-order valence-electron chi connectivity index (χ0n) is 53.4. The molecule has 1 spiro atoms. The van der Waals surface area contributed by atoms with Crippen LogP contribution in [0.2, 0.25) is 0 Å². The van der Waals surface area contributed by atoms with Gasteiger partial charge in [-0.1, -0.05) is 30.3 Å². The number of esters is 1. The summed E-state index contributed by atoms with van der Waals surface area (Å²) in [6.07, 6.45) is 13.0. The number of carbonyl (C=O) groups is 2. The van der Waals surface area contributed by atoms with E-state index in [1.807, 2.05) is 17.9 Å². The highest BCUT2D eigenvalue weighted by molar-refractivity contribution is 6.30. The lowest BCUT2D eigenvalue weighted by molar-refractivity contribution is -0.136. The van der Waals surface area contributed by atoms with Crippen LogP contribution in [-0.2, 0) is 47.5 Å². The van der Waals surface area contributed by atoms with Crippen LogP contribution in [0, 0.1) is 45.5 Å². The van der Waals surface area contributed by atoms with Crippen molar-refractivity contribution in [3.05, 3.63) is 65.5 Å². The van der Waals surface area contributed by atoms with E-state index in [-0.39, 0.29) is 74.7 Å². The van der Waals surface area contributed by atoms with Crippen molar-refractivity contribution in [1.29, 1.82) is 10.8 Å². The van der Waals surface area contributed by atoms with Gasteiger partial charge in [-0.2, -0.15) is 5.10 Å². The van der Waals surface area contributed by atoms with E-state index in [2.05, 4.69) is 68.5 Å². The number of benzene rings is 2. The first-order chi connectivity index (χ1) is 43.5. The number of halogens is 5. The minimum Gasteiger partial charge on any atom is -0.420 e. The number of unbranched alkanes of at least 4 members (excludes halogenated alkanes) is 1. The van der Waals surface area contributed by atoms with Gasteiger partial charge in [0.15, 0.2) is 11.6 Å². The maximum Gasteiger partial charge on any atom is 0.313 e. The Hall–Kier alpha value is -5.09. The molecule has 25 heteroatoms. The Kier molecular flexibility index (Phi) is 35.5. The average molecular weight is 1280 g/mol. The van der Waals surface area contributed by atoms with Crippen molar-refractivity contribution in [2.75, 3.05) is 138 Å². The summed E-state index contributed by atoms with van der Waals surface area (Å²) in [5.41, 5.74) is 6.44. The molecule has 2 heterocycles. The van der Waals surface area contributed by atoms with Gasteiger partial charge in [-0.25, -0.2) is 22.0 Å². The van der Waals surface area contributed by atoms with Gasteiger partial charge in [-0.15, -0.1) is 0 Å². The molecule has 0 aromatic heterocycles. The second kappa shape index (κ2) is 42.2. The zero-order chi connectivity index (χ0) is 65.0. The number of nitrogens with one attached hydrogen (secondary N) is 2. The Bertz CT molecular complexity index is 2420. The number of carbonyl (C=O) groups excluding carboxylic acids is 2. The number of nitrogens with zero attached hydrogens (tertiary/aromatic N) is 5. The molecule has 4 fully saturated rings. The molecule has 0 bridgehead atoms. The Morgan fingerprint density at radius 3 is 1.83 bits per heavy atom. The van der Waals surface area contributed by atoms with Crippen molar-refractivity contribution in [2.24, 2.45) is 38.9 Å². The average Bonchev–Trinajstić information content (AvgIpc) is 0.777. The predicted molar refractivity (Wildman–Crippen MR) is 335 cm³/mol. The molecule has 2 saturated carbocycles. The van der Waals surface area contributed by atoms with E-state index >= 15 is 0 Å². The summed E-state index contributed by atoms with van der Waals surface area (Å²) in [6.45, 7) is 16.8. The van der Waals surface area contributed by atoms with E-state index in [4.69, 9.17) is 53.9 Å². The van der Waals surface area contributed by atoms with E-state index < -0.39 is 35.1 Å². The first-order valence-corrected chi connectivity index (χ1v) is 32.2. The van der Waals surface area contributed by atoms with Gasteiger partial charge < -0.3 is 64.0 Å². The normalized spacial score (nSPS) is 20.0. The minimum absolute atomic E-state index is 0.0132. The van der Waals surface area contributed by atoms with Gasteiger partial charge in [0.1, 0.15) is 11.7 Å². The van der Waals surface area contributed by atoms with Crippen molar-refractivity contribution < 1.29 is 74.2 Å². The number of likely N-dealkylation sites (tertiary alicyclic amines) is 2. The van der Waals surface area contributed by atoms with Crippen LogP contribution >= 0.6 is 0 Å².